The lowest BCUT2D eigenvalue weighted by Crippen LogP contribution is -2.32. The van der Waals surface area contributed by atoms with Crippen LogP contribution in [0.3, 0.4) is 0 Å². The fraction of sp³-hybridized carbons (Fsp3) is 0.333. The van der Waals surface area contributed by atoms with Crippen LogP contribution >= 0.6 is 0 Å². The Morgan fingerprint density at radius 3 is 2.37 bits per heavy atom. The van der Waals surface area contributed by atoms with Crippen LogP contribution in [0.5, 0.6) is 5.75 Å². The Labute approximate surface area is 176 Å². The molecule has 162 valence electrons. The van der Waals surface area contributed by atoms with Crippen molar-refractivity contribution in [3.63, 3.8) is 0 Å². The molecule has 30 heavy (non-hydrogen) atoms. The number of phenols is 1. The normalized spacial score (nSPS) is 11.1. The lowest BCUT2D eigenvalue weighted by Gasteiger charge is -2.09. The third-order valence-electron chi connectivity index (χ3n) is 4.50. The van der Waals surface area contributed by atoms with Crippen LogP contribution in [0.15, 0.2) is 47.4 Å². The number of carbonyl (C=O) groups is 2. The zero-order valence-electron chi connectivity index (χ0n) is 17.1. The second-order valence-corrected chi connectivity index (χ2v) is 8.67. The molecule has 2 amide bonds. The number of hydrogen-bond acceptors (Lipinski definition) is 5. The number of sulfonamides is 1. The summed E-state index contributed by atoms with van der Waals surface area (Å²) in [6.45, 7) is 4.45. The summed E-state index contributed by atoms with van der Waals surface area (Å²) in [7, 11) is -3.66. The van der Waals surface area contributed by atoms with E-state index in [0.717, 1.165) is 11.1 Å². The molecule has 0 atom stereocenters. The number of aromatic hydroxyl groups is 1. The van der Waals surface area contributed by atoms with Crippen molar-refractivity contribution < 1.29 is 23.1 Å². The standard InChI is InChI=1S/C21H27N3O5S/c1-15-7-8-19(13-16(15)2)30(28,29)24-12-9-20(26)22-10-4-11-23-21(27)17-5-3-6-18(25)14-17/h3,5-8,13-14,24-25H,4,9-12H2,1-2H3,(H,22,26)(H,23,27). The summed E-state index contributed by atoms with van der Waals surface area (Å²) in [5, 5.41) is 14.8. The highest BCUT2D eigenvalue weighted by molar-refractivity contribution is 7.89. The van der Waals surface area contributed by atoms with E-state index in [1.54, 1.807) is 24.3 Å². The Balaban J connectivity index is 1.64. The van der Waals surface area contributed by atoms with Crippen molar-refractivity contribution in [2.75, 3.05) is 19.6 Å². The van der Waals surface area contributed by atoms with Gasteiger partial charge in [-0.3, -0.25) is 9.59 Å². The first kappa shape index (κ1) is 23.4. The first-order valence-corrected chi connectivity index (χ1v) is 11.1. The molecule has 0 heterocycles. The Bertz CT molecular complexity index is 1010. The number of amides is 2. The first-order valence-electron chi connectivity index (χ1n) is 9.60. The van der Waals surface area contributed by atoms with Gasteiger partial charge in [0.15, 0.2) is 0 Å². The molecule has 0 spiro atoms. The van der Waals surface area contributed by atoms with Crippen molar-refractivity contribution in [3.05, 3.63) is 59.2 Å². The van der Waals surface area contributed by atoms with Gasteiger partial charge in [0.05, 0.1) is 4.90 Å². The summed E-state index contributed by atoms with van der Waals surface area (Å²) in [5.74, 6) is -0.571. The first-order chi connectivity index (χ1) is 14.2. The molecule has 9 heteroatoms. The predicted octanol–water partition coefficient (Wildman–Crippen LogP) is 1.61. The number of benzene rings is 2. The smallest absolute Gasteiger partial charge is 0.251 e. The maximum Gasteiger partial charge on any atom is 0.251 e. The Morgan fingerprint density at radius 2 is 1.67 bits per heavy atom. The lowest BCUT2D eigenvalue weighted by atomic mass is 10.1. The van der Waals surface area contributed by atoms with E-state index in [9.17, 15) is 23.1 Å². The molecule has 0 radical (unpaired) electrons. The van der Waals surface area contributed by atoms with E-state index in [1.165, 1.54) is 18.2 Å². The molecule has 0 saturated carbocycles. The van der Waals surface area contributed by atoms with Crippen LogP contribution < -0.4 is 15.4 Å². The van der Waals surface area contributed by atoms with Gasteiger partial charge in [-0.25, -0.2) is 13.1 Å². The van der Waals surface area contributed by atoms with Crippen LogP contribution in [-0.4, -0.2) is 45.0 Å². The van der Waals surface area contributed by atoms with Crippen LogP contribution in [0.25, 0.3) is 0 Å². The van der Waals surface area contributed by atoms with Gasteiger partial charge in [0.1, 0.15) is 5.75 Å². The highest BCUT2D eigenvalue weighted by atomic mass is 32.2. The highest BCUT2D eigenvalue weighted by Gasteiger charge is 2.14. The molecule has 0 unspecified atom stereocenters. The van der Waals surface area contributed by atoms with E-state index in [1.807, 2.05) is 13.8 Å². The second kappa shape index (κ2) is 10.7. The van der Waals surface area contributed by atoms with Crippen molar-refractivity contribution in [3.8, 4) is 5.75 Å². The fourth-order valence-electron chi connectivity index (χ4n) is 2.62. The fourth-order valence-corrected chi connectivity index (χ4v) is 3.74. The predicted molar refractivity (Wildman–Crippen MR) is 114 cm³/mol. The molecule has 0 aliphatic carbocycles. The molecule has 0 aliphatic heterocycles. The van der Waals surface area contributed by atoms with Crippen molar-refractivity contribution in [2.45, 2.75) is 31.6 Å². The van der Waals surface area contributed by atoms with E-state index in [2.05, 4.69) is 15.4 Å². The van der Waals surface area contributed by atoms with E-state index in [4.69, 9.17) is 0 Å². The molecular weight excluding hydrogens is 406 g/mol. The minimum atomic E-state index is -3.66. The van der Waals surface area contributed by atoms with Gasteiger partial charge in [0.2, 0.25) is 15.9 Å². The molecule has 0 bridgehead atoms. The molecular formula is C21H27N3O5S. The van der Waals surface area contributed by atoms with Gasteiger partial charge >= 0.3 is 0 Å². The third-order valence-corrected chi connectivity index (χ3v) is 5.96. The van der Waals surface area contributed by atoms with Crippen molar-refractivity contribution in [1.29, 1.82) is 0 Å². The number of carbonyl (C=O) groups excluding carboxylic acids is 2. The second-order valence-electron chi connectivity index (χ2n) is 6.90. The molecule has 2 aromatic rings. The third kappa shape index (κ3) is 7.16. The number of phenolic OH excluding ortho intramolecular Hbond substituents is 1. The van der Waals surface area contributed by atoms with E-state index in [0.29, 0.717) is 25.1 Å². The molecule has 8 nitrogen and oxygen atoms in total. The van der Waals surface area contributed by atoms with E-state index < -0.39 is 10.0 Å². The maximum absolute atomic E-state index is 12.3. The summed E-state index contributed by atoms with van der Waals surface area (Å²) in [5.41, 5.74) is 2.24. The van der Waals surface area contributed by atoms with Gasteiger partial charge in [0.25, 0.3) is 5.91 Å². The molecule has 2 rings (SSSR count). The lowest BCUT2D eigenvalue weighted by molar-refractivity contribution is -0.120. The molecule has 0 aliphatic rings. The van der Waals surface area contributed by atoms with Crippen LogP contribution in [0, 0.1) is 13.8 Å². The van der Waals surface area contributed by atoms with Crippen LogP contribution in [0.1, 0.15) is 34.3 Å². The zero-order chi connectivity index (χ0) is 22.1. The number of rotatable bonds is 10. The number of nitrogens with one attached hydrogen (secondary N) is 3. The monoisotopic (exact) mass is 433 g/mol. The minimum Gasteiger partial charge on any atom is -0.508 e. The Hall–Kier alpha value is -2.91. The summed E-state index contributed by atoms with van der Waals surface area (Å²) in [6, 6.07) is 10.9. The highest BCUT2D eigenvalue weighted by Crippen LogP contribution is 2.14. The van der Waals surface area contributed by atoms with Gasteiger partial charge < -0.3 is 15.7 Å². The summed E-state index contributed by atoms with van der Waals surface area (Å²) < 4.78 is 27.0. The summed E-state index contributed by atoms with van der Waals surface area (Å²) >= 11 is 0. The molecule has 2 aromatic carbocycles. The average molecular weight is 434 g/mol. The molecule has 4 N–H and O–H groups in total. The van der Waals surface area contributed by atoms with Crippen LogP contribution in [-0.2, 0) is 14.8 Å². The van der Waals surface area contributed by atoms with E-state index in [-0.39, 0.29) is 35.4 Å². The van der Waals surface area contributed by atoms with Crippen molar-refractivity contribution in [1.82, 2.24) is 15.4 Å². The number of aryl methyl sites for hydroxylation is 2. The minimum absolute atomic E-state index is 0.00464. The molecule has 0 saturated heterocycles. The summed E-state index contributed by atoms with van der Waals surface area (Å²) in [4.78, 5) is 23.9. The summed E-state index contributed by atoms with van der Waals surface area (Å²) in [6.07, 6.45) is 0.532. The quantitative estimate of drug-likeness (QED) is 0.424. The SMILES string of the molecule is Cc1ccc(S(=O)(=O)NCCC(=O)NCCCNC(=O)c2cccc(O)c2)cc1C. The van der Waals surface area contributed by atoms with Gasteiger partial charge in [-0.2, -0.15) is 0 Å². The van der Waals surface area contributed by atoms with Crippen molar-refractivity contribution >= 4 is 21.8 Å². The Kier molecular flexibility index (Phi) is 8.37. The largest absolute Gasteiger partial charge is 0.508 e. The average Bonchev–Trinajstić information content (AvgIpc) is 2.69. The van der Waals surface area contributed by atoms with Crippen molar-refractivity contribution in [2.24, 2.45) is 0 Å². The van der Waals surface area contributed by atoms with Gasteiger partial charge in [-0.05, 0) is 61.7 Å². The Morgan fingerprint density at radius 1 is 0.933 bits per heavy atom. The van der Waals surface area contributed by atoms with E-state index >= 15 is 0 Å². The van der Waals surface area contributed by atoms with Gasteiger partial charge in [-0.15, -0.1) is 0 Å². The topological polar surface area (TPSA) is 125 Å². The van der Waals surface area contributed by atoms with Gasteiger partial charge in [-0.1, -0.05) is 12.1 Å². The zero-order valence-corrected chi connectivity index (χ0v) is 17.9. The number of hydrogen-bond donors (Lipinski definition) is 4. The van der Waals surface area contributed by atoms with Crippen LogP contribution in [0.4, 0.5) is 0 Å². The van der Waals surface area contributed by atoms with Crippen LogP contribution in [0.2, 0.25) is 0 Å². The maximum atomic E-state index is 12.3. The molecule has 0 fully saturated rings. The molecule has 0 aromatic heterocycles. The van der Waals surface area contributed by atoms with Gasteiger partial charge in [0, 0.05) is 31.6 Å².